The molecule has 20 heavy (non-hydrogen) atoms. The van der Waals surface area contributed by atoms with Gasteiger partial charge in [0.1, 0.15) is 5.75 Å². The first-order valence-electron chi connectivity index (χ1n) is 7.17. The summed E-state index contributed by atoms with van der Waals surface area (Å²) in [7, 11) is 1.98. The zero-order chi connectivity index (χ0) is 14.4. The first-order valence-corrected chi connectivity index (χ1v) is 8.32. The lowest BCUT2D eigenvalue weighted by Gasteiger charge is -2.18. The van der Waals surface area contributed by atoms with E-state index in [1.807, 2.05) is 18.8 Å². The summed E-state index contributed by atoms with van der Waals surface area (Å²) < 4.78 is 6.11. The van der Waals surface area contributed by atoms with Gasteiger partial charge in [-0.05, 0) is 25.1 Å². The average molecular weight is 289 g/mol. The van der Waals surface area contributed by atoms with Crippen LogP contribution in [0.2, 0.25) is 0 Å². The molecule has 3 heteroatoms. The van der Waals surface area contributed by atoms with Gasteiger partial charge in [-0.2, -0.15) is 11.8 Å². The van der Waals surface area contributed by atoms with Crippen LogP contribution in [0.4, 0.5) is 0 Å². The van der Waals surface area contributed by atoms with Crippen molar-refractivity contribution < 1.29 is 4.74 Å². The molecule has 2 aromatic rings. The largest absolute Gasteiger partial charge is 0.492 e. The molecule has 2 aromatic carbocycles. The quantitative estimate of drug-likeness (QED) is 0.770. The van der Waals surface area contributed by atoms with Crippen molar-refractivity contribution in [3.63, 3.8) is 0 Å². The van der Waals surface area contributed by atoms with Crippen LogP contribution in [0, 0.1) is 0 Å². The molecule has 0 saturated carbocycles. The predicted molar refractivity (Wildman–Crippen MR) is 89.9 cm³/mol. The first kappa shape index (κ1) is 15.2. The number of nitrogens with one attached hydrogen (secondary N) is 1. The summed E-state index contributed by atoms with van der Waals surface area (Å²) in [5, 5.41) is 5.74. The molecule has 0 amide bonds. The minimum atomic E-state index is 0.286. The Morgan fingerprint density at radius 3 is 2.75 bits per heavy atom. The van der Waals surface area contributed by atoms with Crippen molar-refractivity contribution >= 4 is 22.5 Å². The Hall–Kier alpha value is -1.19. The molecule has 0 radical (unpaired) electrons. The molecule has 0 saturated heterocycles. The molecule has 1 atom stereocenters. The normalized spacial score (nSPS) is 12.6. The topological polar surface area (TPSA) is 21.3 Å². The van der Waals surface area contributed by atoms with Gasteiger partial charge in [-0.15, -0.1) is 0 Å². The Morgan fingerprint density at radius 2 is 2.00 bits per heavy atom. The van der Waals surface area contributed by atoms with Gasteiger partial charge in [-0.25, -0.2) is 0 Å². The summed E-state index contributed by atoms with van der Waals surface area (Å²) in [6, 6.07) is 13.1. The van der Waals surface area contributed by atoms with Gasteiger partial charge in [0.25, 0.3) is 0 Å². The number of fused-ring (bicyclic) bond motifs is 1. The summed E-state index contributed by atoms with van der Waals surface area (Å²) in [4.78, 5) is 0. The summed E-state index contributed by atoms with van der Waals surface area (Å²) >= 11 is 1.91. The van der Waals surface area contributed by atoms with E-state index in [9.17, 15) is 0 Å². The Bertz CT molecular complexity index is 556. The summed E-state index contributed by atoms with van der Waals surface area (Å²) in [6.45, 7) is 5.10. The molecular weight excluding hydrogens is 266 g/mol. The van der Waals surface area contributed by atoms with Crippen LogP contribution >= 0.6 is 11.8 Å². The molecule has 0 spiro atoms. The summed E-state index contributed by atoms with van der Waals surface area (Å²) in [5.41, 5.74) is 1.23. The molecule has 108 valence electrons. The van der Waals surface area contributed by atoms with Crippen molar-refractivity contribution in [3.05, 3.63) is 42.0 Å². The second-order valence-electron chi connectivity index (χ2n) is 4.76. The van der Waals surface area contributed by atoms with Crippen LogP contribution in [0.15, 0.2) is 36.4 Å². The molecule has 1 N–H and O–H groups in total. The van der Waals surface area contributed by atoms with E-state index in [-0.39, 0.29) is 6.04 Å². The van der Waals surface area contributed by atoms with Crippen LogP contribution in [-0.2, 0) is 0 Å². The van der Waals surface area contributed by atoms with Crippen LogP contribution in [-0.4, -0.2) is 25.2 Å². The molecule has 0 aliphatic heterocycles. The van der Waals surface area contributed by atoms with Crippen molar-refractivity contribution in [2.24, 2.45) is 0 Å². The molecule has 1 unspecified atom stereocenters. The SMILES string of the molecule is CCSCCOc1c(C(C)NC)ccc2ccccc12. The number of hydrogen-bond acceptors (Lipinski definition) is 3. The van der Waals surface area contributed by atoms with Gasteiger partial charge in [0.2, 0.25) is 0 Å². The van der Waals surface area contributed by atoms with Crippen molar-refractivity contribution in [2.75, 3.05) is 25.2 Å². The van der Waals surface area contributed by atoms with Gasteiger partial charge in [-0.3, -0.25) is 0 Å². The van der Waals surface area contributed by atoms with Gasteiger partial charge in [-0.1, -0.05) is 43.3 Å². The monoisotopic (exact) mass is 289 g/mol. The second-order valence-corrected chi connectivity index (χ2v) is 6.15. The van der Waals surface area contributed by atoms with Crippen molar-refractivity contribution in [1.29, 1.82) is 0 Å². The molecular formula is C17H23NOS. The lowest BCUT2D eigenvalue weighted by molar-refractivity contribution is 0.341. The van der Waals surface area contributed by atoms with E-state index in [4.69, 9.17) is 4.74 Å². The van der Waals surface area contributed by atoms with Gasteiger partial charge < -0.3 is 10.1 Å². The fourth-order valence-electron chi connectivity index (χ4n) is 2.26. The van der Waals surface area contributed by atoms with E-state index in [2.05, 4.69) is 55.6 Å². The highest BCUT2D eigenvalue weighted by Crippen LogP contribution is 2.33. The number of thioether (sulfide) groups is 1. The molecule has 0 fully saturated rings. The van der Waals surface area contributed by atoms with E-state index in [1.165, 1.54) is 16.3 Å². The average Bonchev–Trinajstić information content (AvgIpc) is 2.50. The first-order chi connectivity index (χ1) is 9.77. The Morgan fingerprint density at radius 1 is 1.20 bits per heavy atom. The maximum atomic E-state index is 6.11. The third-order valence-corrected chi connectivity index (χ3v) is 4.35. The molecule has 0 aliphatic rings. The third-order valence-electron chi connectivity index (χ3n) is 3.49. The number of hydrogen-bond donors (Lipinski definition) is 1. The maximum Gasteiger partial charge on any atom is 0.131 e. The second kappa shape index (κ2) is 7.55. The van der Waals surface area contributed by atoms with E-state index in [0.29, 0.717) is 0 Å². The highest BCUT2D eigenvalue weighted by molar-refractivity contribution is 7.99. The minimum absolute atomic E-state index is 0.286. The van der Waals surface area contributed by atoms with E-state index in [1.54, 1.807) is 0 Å². The summed E-state index contributed by atoms with van der Waals surface area (Å²) in [6.07, 6.45) is 0. The molecule has 2 nitrogen and oxygen atoms in total. The predicted octanol–water partition coefficient (Wildman–Crippen LogP) is 4.25. The van der Waals surface area contributed by atoms with Gasteiger partial charge in [0.15, 0.2) is 0 Å². The maximum absolute atomic E-state index is 6.11. The zero-order valence-corrected chi connectivity index (χ0v) is 13.3. The van der Waals surface area contributed by atoms with Crippen molar-refractivity contribution in [1.82, 2.24) is 5.32 Å². The highest BCUT2D eigenvalue weighted by atomic mass is 32.2. The molecule has 0 heterocycles. The Kier molecular flexibility index (Phi) is 5.74. The third kappa shape index (κ3) is 3.47. The minimum Gasteiger partial charge on any atom is -0.492 e. The van der Waals surface area contributed by atoms with Crippen molar-refractivity contribution in [2.45, 2.75) is 19.9 Å². The fourth-order valence-corrected chi connectivity index (χ4v) is 2.75. The fraction of sp³-hybridized carbons (Fsp3) is 0.412. The standard InChI is InChI=1S/C17H23NOS/c1-4-20-12-11-19-17-15(13(2)18-3)10-9-14-7-5-6-8-16(14)17/h5-10,13,18H,4,11-12H2,1-3H3. The highest BCUT2D eigenvalue weighted by Gasteiger charge is 2.13. The number of ether oxygens (including phenoxy) is 1. The lowest BCUT2D eigenvalue weighted by Crippen LogP contribution is -2.14. The van der Waals surface area contributed by atoms with Gasteiger partial charge >= 0.3 is 0 Å². The van der Waals surface area contributed by atoms with Crippen molar-refractivity contribution in [3.8, 4) is 5.75 Å². The zero-order valence-electron chi connectivity index (χ0n) is 12.5. The van der Waals surface area contributed by atoms with Gasteiger partial charge in [0, 0.05) is 22.7 Å². The molecule has 0 aromatic heterocycles. The lowest BCUT2D eigenvalue weighted by atomic mass is 10.0. The van der Waals surface area contributed by atoms with Gasteiger partial charge in [0.05, 0.1) is 6.61 Å². The van der Waals surface area contributed by atoms with E-state index in [0.717, 1.165) is 23.9 Å². The van der Waals surface area contributed by atoms with Crippen LogP contribution in [0.25, 0.3) is 10.8 Å². The Labute approximate surface area is 125 Å². The van der Waals surface area contributed by atoms with Crippen LogP contribution in [0.1, 0.15) is 25.5 Å². The Balaban J connectivity index is 2.34. The molecule has 0 bridgehead atoms. The smallest absolute Gasteiger partial charge is 0.131 e. The number of rotatable bonds is 7. The van der Waals surface area contributed by atoms with E-state index >= 15 is 0 Å². The number of benzene rings is 2. The van der Waals surface area contributed by atoms with Crippen LogP contribution < -0.4 is 10.1 Å². The summed E-state index contributed by atoms with van der Waals surface area (Å²) in [5.74, 6) is 3.20. The molecule has 2 rings (SSSR count). The van der Waals surface area contributed by atoms with Crippen LogP contribution in [0.3, 0.4) is 0 Å². The van der Waals surface area contributed by atoms with Crippen LogP contribution in [0.5, 0.6) is 5.75 Å². The van der Waals surface area contributed by atoms with E-state index < -0.39 is 0 Å². The molecule has 0 aliphatic carbocycles.